The van der Waals surface area contributed by atoms with Crippen LogP contribution in [0, 0.1) is 17.5 Å². The van der Waals surface area contributed by atoms with Crippen molar-refractivity contribution >= 4 is 17.4 Å². The summed E-state index contributed by atoms with van der Waals surface area (Å²) in [6.07, 6.45) is 1.73. The van der Waals surface area contributed by atoms with Crippen LogP contribution in [0.1, 0.15) is 37.7 Å². The maximum absolute atomic E-state index is 14.1. The highest BCUT2D eigenvalue weighted by atomic mass is 19.1. The predicted molar refractivity (Wildman–Crippen MR) is 106 cm³/mol. The molecule has 0 unspecified atom stereocenters. The second-order valence-electron chi connectivity index (χ2n) is 7.40. The molecule has 0 bridgehead atoms. The Kier molecular flexibility index (Phi) is 5.20. The average molecular weight is 412 g/mol. The molecule has 4 rings (SSSR count). The Morgan fingerprint density at radius 3 is 2.43 bits per heavy atom. The van der Waals surface area contributed by atoms with E-state index in [0.717, 1.165) is 17.8 Å². The van der Waals surface area contributed by atoms with Gasteiger partial charge in [-0.25, -0.2) is 13.2 Å². The zero-order valence-electron chi connectivity index (χ0n) is 16.2. The van der Waals surface area contributed by atoms with E-state index in [9.17, 15) is 22.8 Å². The van der Waals surface area contributed by atoms with Gasteiger partial charge in [0.2, 0.25) is 0 Å². The van der Waals surface area contributed by atoms with Gasteiger partial charge in [0.25, 0.3) is 5.91 Å². The van der Waals surface area contributed by atoms with E-state index in [4.69, 9.17) is 0 Å². The number of hydrogen-bond donors (Lipinski definition) is 2. The van der Waals surface area contributed by atoms with Crippen molar-refractivity contribution in [2.75, 3.05) is 5.32 Å². The second-order valence-corrected chi connectivity index (χ2v) is 7.40. The summed E-state index contributed by atoms with van der Waals surface area (Å²) in [6.45, 7) is 1.70. The third kappa shape index (κ3) is 3.63. The Morgan fingerprint density at radius 2 is 1.73 bits per heavy atom. The number of anilines is 1. The van der Waals surface area contributed by atoms with E-state index >= 15 is 0 Å². The number of rotatable bonds is 3. The summed E-state index contributed by atoms with van der Waals surface area (Å²) < 4.78 is 40.8. The summed E-state index contributed by atoms with van der Waals surface area (Å²) in [4.78, 5) is 25.9. The lowest BCUT2D eigenvalue weighted by atomic mass is 9.75. The maximum atomic E-state index is 14.1. The van der Waals surface area contributed by atoms with Crippen LogP contribution in [0.5, 0.6) is 0 Å². The van der Waals surface area contributed by atoms with Gasteiger partial charge in [-0.2, -0.15) is 0 Å². The molecule has 154 valence electrons. The lowest BCUT2D eigenvalue weighted by Gasteiger charge is -2.34. The molecule has 2 N–H and O–H groups in total. The molecule has 1 aliphatic carbocycles. The Bertz CT molecular complexity index is 1100. The number of nitrogens with one attached hydrogen (secondary N) is 2. The van der Waals surface area contributed by atoms with Crippen molar-refractivity contribution in [2.45, 2.75) is 32.1 Å². The Labute approximate surface area is 171 Å². The van der Waals surface area contributed by atoms with Crippen LogP contribution in [0.4, 0.5) is 18.9 Å². The standard InChI is InChI=1S/C23H19F3N2O2/c1-12-20(23(30)28-17-10-9-15(25)11-16(17)26)21(13-5-7-14(24)8-6-13)22-18(27-12)3-2-4-19(22)29/h5-11,21,27H,2-4H2,1H3,(H,28,30)/t21-/m1/s1. The number of benzene rings is 2. The SMILES string of the molecule is CC1=C(C(=O)Nc2ccc(F)cc2F)[C@@H](c2ccc(F)cc2)C2=C(CCCC2=O)N1. The highest BCUT2D eigenvalue weighted by Crippen LogP contribution is 2.42. The molecule has 0 radical (unpaired) electrons. The van der Waals surface area contributed by atoms with Crippen LogP contribution in [-0.2, 0) is 9.59 Å². The molecule has 0 saturated heterocycles. The van der Waals surface area contributed by atoms with Gasteiger partial charge in [0.15, 0.2) is 5.78 Å². The number of amides is 1. The Hall–Kier alpha value is -3.35. The van der Waals surface area contributed by atoms with Crippen LogP contribution in [0.25, 0.3) is 0 Å². The van der Waals surface area contributed by atoms with Crippen LogP contribution < -0.4 is 10.6 Å². The monoisotopic (exact) mass is 412 g/mol. The highest BCUT2D eigenvalue weighted by molar-refractivity contribution is 6.09. The van der Waals surface area contributed by atoms with Crippen molar-refractivity contribution in [1.29, 1.82) is 0 Å². The van der Waals surface area contributed by atoms with Crippen molar-refractivity contribution < 1.29 is 22.8 Å². The number of hydrogen-bond acceptors (Lipinski definition) is 3. The number of halogens is 3. The van der Waals surface area contributed by atoms with Gasteiger partial charge >= 0.3 is 0 Å². The van der Waals surface area contributed by atoms with E-state index in [1.54, 1.807) is 6.92 Å². The molecule has 0 spiro atoms. The molecule has 0 aromatic heterocycles. The third-order valence-electron chi connectivity index (χ3n) is 5.40. The fraction of sp³-hybridized carbons (Fsp3) is 0.217. The molecule has 1 aliphatic heterocycles. The molecule has 0 saturated carbocycles. The normalized spacial score (nSPS) is 18.8. The summed E-state index contributed by atoms with van der Waals surface area (Å²) >= 11 is 0. The highest BCUT2D eigenvalue weighted by Gasteiger charge is 2.38. The molecule has 2 aromatic rings. The minimum absolute atomic E-state index is 0.0798. The van der Waals surface area contributed by atoms with Gasteiger partial charge in [-0.15, -0.1) is 0 Å². The Balaban J connectivity index is 1.78. The van der Waals surface area contributed by atoms with E-state index < -0.39 is 29.3 Å². The zero-order valence-corrected chi connectivity index (χ0v) is 16.2. The lowest BCUT2D eigenvalue weighted by Crippen LogP contribution is -2.35. The van der Waals surface area contributed by atoms with Crippen molar-refractivity contribution in [2.24, 2.45) is 0 Å². The van der Waals surface area contributed by atoms with E-state index in [0.29, 0.717) is 42.2 Å². The van der Waals surface area contributed by atoms with Crippen LogP contribution in [0.2, 0.25) is 0 Å². The van der Waals surface area contributed by atoms with Crippen molar-refractivity contribution in [3.63, 3.8) is 0 Å². The molecule has 0 fully saturated rings. The molecule has 2 aliphatic rings. The number of carbonyl (C=O) groups excluding carboxylic acids is 2. The molecule has 1 atom stereocenters. The number of Topliss-reactive ketones (excluding diaryl/α,β-unsaturated/α-hetero) is 1. The fourth-order valence-corrected chi connectivity index (χ4v) is 4.05. The van der Waals surface area contributed by atoms with Crippen molar-refractivity contribution in [3.05, 3.63) is 88.0 Å². The summed E-state index contributed by atoms with van der Waals surface area (Å²) in [5, 5.41) is 5.62. The maximum Gasteiger partial charge on any atom is 0.254 e. The fourth-order valence-electron chi connectivity index (χ4n) is 4.05. The van der Waals surface area contributed by atoms with Gasteiger partial charge in [0.1, 0.15) is 17.5 Å². The number of carbonyl (C=O) groups is 2. The van der Waals surface area contributed by atoms with Crippen LogP contribution in [-0.4, -0.2) is 11.7 Å². The minimum Gasteiger partial charge on any atom is -0.362 e. The first kappa shape index (κ1) is 19.9. The Morgan fingerprint density at radius 1 is 1.03 bits per heavy atom. The van der Waals surface area contributed by atoms with Gasteiger partial charge in [-0.3, -0.25) is 9.59 Å². The molecule has 1 heterocycles. The summed E-state index contributed by atoms with van der Waals surface area (Å²) in [7, 11) is 0. The number of allylic oxidation sites excluding steroid dienone is 3. The minimum atomic E-state index is -0.905. The molecule has 7 heteroatoms. The zero-order chi connectivity index (χ0) is 21.4. The van der Waals surface area contributed by atoms with Crippen LogP contribution in [0.15, 0.2) is 65.0 Å². The molecule has 30 heavy (non-hydrogen) atoms. The average Bonchev–Trinajstić information content (AvgIpc) is 2.70. The quantitative estimate of drug-likeness (QED) is 0.768. The van der Waals surface area contributed by atoms with Gasteiger partial charge in [-0.05, 0) is 49.6 Å². The second kappa shape index (κ2) is 7.82. The van der Waals surface area contributed by atoms with E-state index in [1.165, 1.54) is 24.3 Å². The molecule has 2 aromatic carbocycles. The first-order valence-corrected chi connectivity index (χ1v) is 9.61. The van der Waals surface area contributed by atoms with Crippen molar-refractivity contribution in [1.82, 2.24) is 5.32 Å². The van der Waals surface area contributed by atoms with Gasteiger partial charge < -0.3 is 10.6 Å². The van der Waals surface area contributed by atoms with Gasteiger partial charge in [-0.1, -0.05) is 12.1 Å². The van der Waals surface area contributed by atoms with E-state index in [-0.39, 0.29) is 17.0 Å². The van der Waals surface area contributed by atoms with Gasteiger partial charge in [0.05, 0.1) is 5.69 Å². The van der Waals surface area contributed by atoms with Crippen LogP contribution >= 0.6 is 0 Å². The topological polar surface area (TPSA) is 58.2 Å². The molecule has 4 nitrogen and oxygen atoms in total. The molecule has 1 amide bonds. The first-order chi connectivity index (χ1) is 14.3. The van der Waals surface area contributed by atoms with E-state index in [1.807, 2.05) is 0 Å². The summed E-state index contributed by atoms with van der Waals surface area (Å²) in [5.41, 5.74) is 2.40. The number of dihydropyridines is 1. The predicted octanol–water partition coefficient (Wildman–Crippen LogP) is 4.71. The summed E-state index contributed by atoms with van der Waals surface area (Å²) in [6, 6.07) is 8.48. The third-order valence-corrected chi connectivity index (χ3v) is 5.40. The van der Waals surface area contributed by atoms with Crippen molar-refractivity contribution in [3.8, 4) is 0 Å². The van der Waals surface area contributed by atoms with E-state index in [2.05, 4.69) is 10.6 Å². The smallest absolute Gasteiger partial charge is 0.254 e. The molecular weight excluding hydrogens is 393 g/mol. The molecular formula is C23H19F3N2O2. The lowest BCUT2D eigenvalue weighted by molar-refractivity contribution is -0.116. The first-order valence-electron chi connectivity index (χ1n) is 9.61. The summed E-state index contributed by atoms with van der Waals surface area (Å²) in [5.74, 6) is -3.51. The van der Waals surface area contributed by atoms with Gasteiger partial charge in [0, 0.05) is 40.9 Å². The largest absolute Gasteiger partial charge is 0.362 e. The number of ketones is 1. The van der Waals surface area contributed by atoms with Crippen LogP contribution in [0.3, 0.4) is 0 Å².